The zero-order chi connectivity index (χ0) is 15.3. The van der Waals surface area contributed by atoms with Crippen molar-refractivity contribution in [3.05, 3.63) is 0 Å². The van der Waals surface area contributed by atoms with Crippen molar-refractivity contribution in [2.45, 2.75) is 36.8 Å². The Hall–Kier alpha value is -1.36. The van der Waals surface area contributed by atoms with E-state index in [4.69, 9.17) is 4.74 Å². The van der Waals surface area contributed by atoms with E-state index in [0.717, 1.165) is 24.6 Å². The van der Waals surface area contributed by atoms with Crippen LogP contribution in [0.2, 0.25) is 0 Å². The number of amides is 1. The van der Waals surface area contributed by atoms with Gasteiger partial charge in [-0.05, 0) is 23.3 Å². The molecule has 1 fully saturated rings. The molecule has 1 aromatic heterocycles. The van der Waals surface area contributed by atoms with Gasteiger partial charge in [0.05, 0.1) is 18.4 Å². The number of tetrazole rings is 1. The van der Waals surface area contributed by atoms with E-state index in [-0.39, 0.29) is 11.9 Å². The summed E-state index contributed by atoms with van der Waals surface area (Å²) >= 11 is 0.988. The summed E-state index contributed by atoms with van der Waals surface area (Å²) in [5.74, 6) is -0.897. The van der Waals surface area contributed by atoms with Gasteiger partial charge in [0, 0.05) is 6.61 Å². The van der Waals surface area contributed by atoms with Gasteiger partial charge in [0.25, 0.3) is 0 Å². The van der Waals surface area contributed by atoms with Gasteiger partial charge in [-0.2, -0.15) is 13.2 Å². The summed E-state index contributed by atoms with van der Waals surface area (Å²) in [7, 11) is 0. The summed E-state index contributed by atoms with van der Waals surface area (Å²) in [6, 6.07) is 0. The molecule has 0 radical (unpaired) electrons. The number of hydrogen-bond donors (Lipinski definition) is 1. The number of rotatable bonds is 6. The molecule has 2 heterocycles. The third-order valence-electron chi connectivity index (χ3n) is 2.72. The zero-order valence-corrected chi connectivity index (χ0v) is 11.8. The van der Waals surface area contributed by atoms with E-state index in [2.05, 4.69) is 15.5 Å². The molecule has 2 rings (SSSR count). The molecule has 1 aromatic rings. The Morgan fingerprint density at radius 1 is 1.52 bits per heavy atom. The van der Waals surface area contributed by atoms with E-state index >= 15 is 0 Å². The fourth-order valence-electron chi connectivity index (χ4n) is 1.78. The third kappa shape index (κ3) is 5.50. The highest BCUT2D eigenvalue weighted by Crippen LogP contribution is 2.18. The van der Waals surface area contributed by atoms with Gasteiger partial charge in [0.1, 0.15) is 6.54 Å². The molecule has 118 valence electrons. The minimum absolute atomic E-state index is 0.0342. The second-order valence-electron chi connectivity index (χ2n) is 4.46. The molecule has 0 spiro atoms. The largest absolute Gasteiger partial charge is 0.405 e. The molecule has 0 aromatic carbocycles. The van der Waals surface area contributed by atoms with Crippen LogP contribution in [-0.4, -0.2) is 57.3 Å². The third-order valence-corrected chi connectivity index (χ3v) is 3.68. The summed E-state index contributed by atoms with van der Waals surface area (Å²) < 4.78 is 42.8. The van der Waals surface area contributed by atoms with Gasteiger partial charge in [-0.1, -0.05) is 11.8 Å². The van der Waals surface area contributed by atoms with E-state index < -0.39 is 18.6 Å². The van der Waals surface area contributed by atoms with Gasteiger partial charge in [0.2, 0.25) is 11.1 Å². The Morgan fingerprint density at radius 3 is 3.00 bits per heavy atom. The number of nitrogens with zero attached hydrogens (tertiary/aromatic N) is 4. The first-order chi connectivity index (χ1) is 9.94. The standard InChI is InChI=1S/C10H14F3N5O2S/c11-10(12,13)6-14-8(19)5-21-9-15-16-17-18(9)4-7-2-1-3-20-7/h7H,1-6H2,(H,14,19)/t7-/m1/s1. The highest BCUT2D eigenvalue weighted by molar-refractivity contribution is 7.99. The van der Waals surface area contributed by atoms with Crippen LogP contribution < -0.4 is 5.32 Å². The number of aromatic nitrogens is 4. The fourth-order valence-corrected chi connectivity index (χ4v) is 2.49. The van der Waals surface area contributed by atoms with Crippen LogP contribution >= 0.6 is 11.8 Å². The lowest BCUT2D eigenvalue weighted by atomic mass is 10.2. The molecule has 1 N–H and O–H groups in total. The molecular weight excluding hydrogens is 311 g/mol. The van der Waals surface area contributed by atoms with Crippen LogP contribution in [0.25, 0.3) is 0 Å². The monoisotopic (exact) mass is 325 g/mol. The number of carbonyl (C=O) groups is 1. The number of halogens is 3. The zero-order valence-electron chi connectivity index (χ0n) is 11.0. The lowest BCUT2D eigenvalue weighted by molar-refractivity contribution is -0.136. The maximum Gasteiger partial charge on any atom is 0.405 e. The second-order valence-corrected chi connectivity index (χ2v) is 5.40. The molecule has 1 aliphatic heterocycles. The van der Waals surface area contributed by atoms with Gasteiger partial charge in [-0.3, -0.25) is 4.79 Å². The summed E-state index contributed by atoms with van der Waals surface area (Å²) in [5, 5.41) is 13.2. The molecule has 1 aliphatic rings. The Balaban J connectivity index is 1.77. The van der Waals surface area contributed by atoms with Crippen molar-refractivity contribution < 1.29 is 22.7 Å². The number of alkyl halides is 3. The second kappa shape index (κ2) is 7.07. The summed E-state index contributed by atoms with van der Waals surface area (Å²) in [6.45, 7) is -0.165. The van der Waals surface area contributed by atoms with E-state index in [1.165, 1.54) is 4.68 Å². The van der Waals surface area contributed by atoms with Crippen molar-refractivity contribution in [2.75, 3.05) is 18.9 Å². The Bertz CT molecular complexity index is 476. The molecule has 0 aliphatic carbocycles. The normalized spacial score (nSPS) is 18.9. The molecule has 1 atom stereocenters. The van der Waals surface area contributed by atoms with Gasteiger partial charge in [0.15, 0.2) is 0 Å². The van der Waals surface area contributed by atoms with Crippen LogP contribution in [-0.2, 0) is 16.1 Å². The average Bonchev–Trinajstić information content (AvgIpc) is 3.05. The summed E-state index contributed by atoms with van der Waals surface area (Å²) in [5.41, 5.74) is 0. The molecule has 11 heteroatoms. The van der Waals surface area contributed by atoms with Gasteiger partial charge in [-0.25, -0.2) is 4.68 Å². The molecule has 0 bridgehead atoms. The number of hydrogen-bond acceptors (Lipinski definition) is 6. The van der Waals surface area contributed by atoms with Crippen LogP contribution in [0.15, 0.2) is 5.16 Å². The van der Waals surface area contributed by atoms with Gasteiger partial charge in [-0.15, -0.1) is 5.10 Å². The van der Waals surface area contributed by atoms with Crippen molar-refractivity contribution in [3.63, 3.8) is 0 Å². The smallest absolute Gasteiger partial charge is 0.376 e. The number of carbonyl (C=O) groups excluding carboxylic acids is 1. The number of thioether (sulfide) groups is 1. The van der Waals surface area contributed by atoms with Crippen LogP contribution in [0.3, 0.4) is 0 Å². The molecular formula is C10H14F3N5O2S. The van der Waals surface area contributed by atoms with Gasteiger partial charge < -0.3 is 10.1 Å². The van der Waals surface area contributed by atoms with E-state index in [9.17, 15) is 18.0 Å². The molecule has 21 heavy (non-hydrogen) atoms. The maximum atomic E-state index is 11.9. The topological polar surface area (TPSA) is 81.9 Å². The quantitative estimate of drug-likeness (QED) is 0.772. The minimum atomic E-state index is -4.41. The Labute approximate surface area is 122 Å². The van der Waals surface area contributed by atoms with E-state index in [1.807, 2.05) is 0 Å². The molecule has 0 saturated carbocycles. The fraction of sp³-hybridized carbons (Fsp3) is 0.800. The lowest BCUT2D eigenvalue weighted by Gasteiger charge is -2.10. The first-order valence-corrected chi connectivity index (χ1v) is 7.26. The number of ether oxygens (including phenoxy) is 1. The molecule has 0 unspecified atom stereocenters. The Morgan fingerprint density at radius 2 is 2.33 bits per heavy atom. The van der Waals surface area contributed by atoms with Crippen molar-refractivity contribution in [3.8, 4) is 0 Å². The van der Waals surface area contributed by atoms with E-state index in [0.29, 0.717) is 18.3 Å². The minimum Gasteiger partial charge on any atom is -0.376 e. The summed E-state index contributed by atoms with van der Waals surface area (Å²) in [6.07, 6.45) is -2.49. The predicted octanol–water partition coefficient (Wildman–Crippen LogP) is 0.623. The van der Waals surface area contributed by atoms with Crippen molar-refractivity contribution >= 4 is 17.7 Å². The first kappa shape index (κ1) is 16.0. The number of nitrogens with one attached hydrogen (secondary N) is 1. The first-order valence-electron chi connectivity index (χ1n) is 6.28. The molecule has 1 saturated heterocycles. The van der Waals surface area contributed by atoms with Crippen molar-refractivity contribution in [1.82, 2.24) is 25.5 Å². The average molecular weight is 325 g/mol. The molecule has 1 amide bonds. The van der Waals surface area contributed by atoms with Crippen LogP contribution in [0.4, 0.5) is 13.2 Å². The highest BCUT2D eigenvalue weighted by Gasteiger charge is 2.27. The van der Waals surface area contributed by atoms with Crippen LogP contribution in [0.1, 0.15) is 12.8 Å². The maximum absolute atomic E-state index is 11.9. The predicted molar refractivity (Wildman–Crippen MR) is 66.6 cm³/mol. The van der Waals surface area contributed by atoms with Crippen molar-refractivity contribution in [2.24, 2.45) is 0 Å². The van der Waals surface area contributed by atoms with Crippen molar-refractivity contribution in [1.29, 1.82) is 0 Å². The molecule has 7 nitrogen and oxygen atoms in total. The highest BCUT2D eigenvalue weighted by atomic mass is 32.2. The SMILES string of the molecule is O=C(CSc1nnnn1C[C@H]1CCCO1)NCC(F)(F)F. The van der Waals surface area contributed by atoms with Gasteiger partial charge >= 0.3 is 6.18 Å². The summed E-state index contributed by atoms with van der Waals surface area (Å²) in [4.78, 5) is 11.3. The Kier molecular flexibility index (Phi) is 5.39. The van der Waals surface area contributed by atoms with Crippen LogP contribution in [0, 0.1) is 0 Å². The van der Waals surface area contributed by atoms with Crippen LogP contribution in [0.5, 0.6) is 0 Å². The lowest BCUT2D eigenvalue weighted by Crippen LogP contribution is -2.34. The van der Waals surface area contributed by atoms with E-state index in [1.54, 1.807) is 5.32 Å².